The summed E-state index contributed by atoms with van der Waals surface area (Å²) < 4.78 is 0. The van der Waals surface area contributed by atoms with Gasteiger partial charge in [0.05, 0.1) is 18.1 Å². The Balaban J connectivity index is 2.54. The second kappa shape index (κ2) is 3.88. The van der Waals surface area contributed by atoms with E-state index in [2.05, 4.69) is 0 Å². The molecule has 12 heavy (non-hydrogen) atoms. The van der Waals surface area contributed by atoms with E-state index < -0.39 is 5.97 Å². The molecule has 0 spiro atoms. The van der Waals surface area contributed by atoms with Crippen molar-refractivity contribution in [2.24, 2.45) is 0 Å². The molecule has 0 aromatic carbocycles. The molecule has 4 heteroatoms. The fourth-order valence-corrected chi connectivity index (χ4v) is 1.61. The number of rotatable bonds is 3. The molecule has 1 aromatic heterocycles. The van der Waals surface area contributed by atoms with Crippen molar-refractivity contribution in [3.8, 4) is 6.07 Å². The highest BCUT2D eigenvalue weighted by Crippen LogP contribution is 2.15. The van der Waals surface area contributed by atoms with Crippen LogP contribution in [0.5, 0.6) is 0 Å². The Morgan fingerprint density at radius 2 is 2.50 bits per heavy atom. The molecular formula is C8H7NO2S. The summed E-state index contributed by atoms with van der Waals surface area (Å²) in [5, 5.41) is 18.6. The second-order valence-corrected chi connectivity index (χ2v) is 3.30. The molecule has 0 aliphatic rings. The molecule has 1 aromatic rings. The maximum atomic E-state index is 10.2. The molecule has 0 fully saturated rings. The van der Waals surface area contributed by atoms with Crippen molar-refractivity contribution in [1.82, 2.24) is 0 Å². The predicted octanol–water partition coefficient (Wildman–Crippen LogP) is 1.64. The highest BCUT2D eigenvalue weighted by molar-refractivity contribution is 7.10. The van der Waals surface area contributed by atoms with Crippen LogP contribution in [-0.4, -0.2) is 11.1 Å². The van der Waals surface area contributed by atoms with E-state index in [9.17, 15) is 4.79 Å². The molecule has 1 N–H and O–H groups in total. The number of aliphatic carboxylic acids is 1. The zero-order valence-corrected chi connectivity index (χ0v) is 7.10. The zero-order valence-electron chi connectivity index (χ0n) is 6.28. The minimum atomic E-state index is -0.804. The molecule has 0 bridgehead atoms. The zero-order chi connectivity index (χ0) is 8.97. The summed E-state index contributed by atoms with van der Waals surface area (Å²) in [5.74, 6) is -0.804. The van der Waals surface area contributed by atoms with Crippen LogP contribution in [0, 0.1) is 11.3 Å². The van der Waals surface area contributed by atoms with Crippen LogP contribution in [0.2, 0.25) is 0 Å². The Labute approximate surface area is 73.9 Å². The molecular weight excluding hydrogens is 174 g/mol. The van der Waals surface area contributed by atoms with Crippen LogP contribution in [0.4, 0.5) is 0 Å². The lowest BCUT2D eigenvalue weighted by Gasteiger charge is -1.89. The van der Waals surface area contributed by atoms with Gasteiger partial charge in [-0.15, -0.1) is 11.3 Å². The van der Waals surface area contributed by atoms with Crippen molar-refractivity contribution in [2.75, 3.05) is 0 Å². The second-order valence-electron chi connectivity index (χ2n) is 2.31. The average Bonchev–Trinajstić information content (AvgIpc) is 2.48. The Kier molecular flexibility index (Phi) is 2.83. The van der Waals surface area contributed by atoms with Gasteiger partial charge in [-0.1, -0.05) is 0 Å². The third-order valence-corrected chi connectivity index (χ3v) is 2.36. The smallest absolute Gasteiger partial charge is 0.303 e. The van der Waals surface area contributed by atoms with Crippen molar-refractivity contribution in [1.29, 1.82) is 5.26 Å². The Hall–Kier alpha value is -1.34. The van der Waals surface area contributed by atoms with E-state index in [1.165, 1.54) is 11.3 Å². The molecule has 1 rings (SSSR count). The van der Waals surface area contributed by atoms with Gasteiger partial charge in [0.25, 0.3) is 0 Å². The molecule has 0 radical (unpaired) electrons. The number of carbonyl (C=O) groups is 1. The first-order valence-corrected chi connectivity index (χ1v) is 4.29. The molecule has 0 saturated carbocycles. The summed E-state index contributed by atoms with van der Waals surface area (Å²) in [6.07, 6.45) is 0.646. The first kappa shape index (κ1) is 8.75. The summed E-state index contributed by atoms with van der Waals surface area (Å²) in [4.78, 5) is 11.1. The predicted molar refractivity (Wildman–Crippen MR) is 45.0 cm³/mol. The van der Waals surface area contributed by atoms with Crippen LogP contribution in [0.1, 0.15) is 16.9 Å². The third-order valence-electron chi connectivity index (χ3n) is 1.37. The van der Waals surface area contributed by atoms with Gasteiger partial charge in [0, 0.05) is 10.3 Å². The lowest BCUT2D eigenvalue weighted by molar-refractivity contribution is -0.136. The molecule has 0 aliphatic carbocycles. The summed E-state index contributed by atoms with van der Waals surface area (Å²) >= 11 is 1.43. The monoisotopic (exact) mass is 181 g/mol. The third kappa shape index (κ3) is 2.36. The van der Waals surface area contributed by atoms with Crippen LogP contribution in [-0.2, 0) is 11.2 Å². The van der Waals surface area contributed by atoms with Crippen LogP contribution < -0.4 is 0 Å². The summed E-state index contributed by atoms with van der Waals surface area (Å²) in [6.45, 7) is 0. The summed E-state index contributed by atoms with van der Waals surface area (Å²) in [5.41, 5.74) is 0.611. The van der Waals surface area contributed by atoms with Gasteiger partial charge < -0.3 is 5.11 Å². The number of thiophene rings is 1. The molecule has 0 amide bonds. The van der Waals surface area contributed by atoms with Gasteiger partial charge in [-0.25, -0.2) is 0 Å². The number of aryl methyl sites for hydroxylation is 1. The van der Waals surface area contributed by atoms with Gasteiger partial charge in [-0.3, -0.25) is 4.79 Å². The fourth-order valence-electron chi connectivity index (χ4n) is 0.801. The Morgan fingerprint density at radius 1 is 1.75 bits per heavy atom. The van der Waals surface area contributed by atoms with Crippen LogP contribution >= 0.6 is 11.3 Å². The molecule has 0 unspecified atom stereocenters. The van der Waals surface area contributed by atoms with Crippen molar-refractivity contribution >= 4 is 17.3 Å². The van der Waals surface area contributed by atoms with Crippen LogP contribution in [0.3, 0.4) is 0 Å². The highest BCUT2D eigenvalue weighted by atomic mass is 32.1. The van der Waals surface area contributed by atoms with E-state index in [1.807, 2.05) is 6.07 Å². The van der Waals surface area contributed by atoms with Crippen molar-refractivity contribution in [3.05, 3.63) is 21.9 Å². The lowest BCUT2D eigenvalue weighted by Crippen LogP contribution is -1.95. The van der Waals surface area contributed by atoms with E-state index in [1.54, 1.807) is 11.4 Å². The van der Waals surface area contributed by atoms with E-state index in [0.29, 0.717) is 12.0 Å². The van der Waals surface area contributed by atoms with Gasteiger partial charge in [0.2, 0.25) is 0 Å². The quantitative estimate of drug-likeness (QED) is 0.771. The number of hydrogen-bond donors (Lipinski definition) is 1. The van der Waals surface area contributed by atoms with E-state index in [0.717, 1.165) is 4.88 Å². The van der Waals surface area contributed by atoms with Crippen molar-refractivity contribution < 1.29 is 9.90 Å². The number of nitrogens with zero attached hydrogens (tertiary/aromatic N) is 1. The first-order chi connectivity index (χ1) is 5.72. The van der Waals surface area contributed by atoms with Crippen LogP contribution in [0.15, 0.2) is 11.4 Å². The highest BCUT2D eigenvalue weighted by Gasteiger charge is 2.01. The maximum Gasteiger partial charge on any atom is 0.303 e. The van der Waals surface area contributed by atoms with Crippen molar-refractivity contribution in [3.63, 3.8) is 0 Å². The number of nitriles is 1. The lowest BCUT2D eigenvalue weighted by atomic mass is 10.2. The summed E-state index contributed by atoms with van der Waals surface area (Å²) in [6, 6.07) is 3.73. The Bertz CT molecular complexity index is 324. The SMILES string of the molecule is N#Cc1csc(CCC(=O)O)c1. The van der Waals surface area contributed by atoms with Gasteiger partial charge in [0.15, 0.2) is 0 Å². The number of carboxylic acids is 1. The van der Waals surface area contributed by atoms with E-state index in [4.69, 9.17) is 10.4 Å². The maximum absolute atomic E-state index is 10.2. The van der Waals surface area contributed by atoms with Gasteiger partial charge >= 0.3 is 5.97 Å². The first-order valence-electron chi connectivity index (χ1n) is 3.41. The largest absolute Gasteiger partial charge is 0.481 e. The van der Waals surface area contributed by atoms with E-state index in [-0.39, 0.29) is 6.42 Å². The number of hydrogen-bond acceptors (Lipinski definition) is 3. The van der Waals surface area contributed by atoms with Crippen molar-refractivity contribution in [2.45, 2.75) is 12.8 Å². The average molecular weight is 181 g/mol. The fraction of sp³-hybridized carbons (Fsp3) is 0.250. The minimum Gasteiger partial charge on any atom is -0.481 e. The molecule has 3 nitrogen and oxygen atoms in total. The van der Waals surface area contributed by atoms with Crippen LogP contribution in [0.25, 0.3) is 0 Å². The normalized spacial score (nSPS) is 9.25. The molecule has 0 saturated heterocycles. The molecule has 1 heterocycles. The van der Waals surface area contributed by atoms with E-state index >= 15 is 0 Å². The van der Waals surface area contributed by atoms with Gasteiger partial charge in [0.1, 0.15) is 0 Å². The standard InChI is InChI=1S/C8H7NO2S/c9-4-6-3-7(12-5-6)1-2-8(10)11/h3,5H,1-2H2,(H,10,11). The molecule has 0 atom stereocenters. The molecule has 0 aliphatic heterocycles. The topological polar surface area (TPSA) is 61.1 Å². The van der Waals surface area contributed by atoms with Gasteiger partial charge in [-0.2, -0.15) is 5.26 Å². The number of carboxylic acid groups (broad SMARTS) is 1. The van der Waals surface area contributed by atoms with Gasteiger partial charge in [-0.05, 0) is 12.5 Å². The molecule has 62 valence electrons. The summed E-state index contributed by atoms with van der Waals surface area (Å²) in [7, 11) is 0. The Morgan fingerprint density at radius 3 is 3.00 bits per heavy atom. The minimum absolute atomic E-state index is 0.130.